The smallest absolute Gasteiger partial charge is 0.132 e. The average Bonchev–Trinajstić information content (AvgIpc) is 2.33. The summed E-state index contributed by atoms with van der Waals surface area (Å²) in [5, 5.41) is 8.61. The first-order valence-corrected chi connectivity index (χ1v) is 7.43. The second-order valence-corrected chi connectivity index (χ2v) is 4.94. The Balaban J connectivity index is 3.11. The van der Waals surface area contributed by atoms with E-state index in [4.69, 9.17) is 5.11 Å². The van der Waals surface area contributed by atoms with Crippen LogP contribution in [0.2, 0.25) is 0 Å². The number of aliphatic hydroxyl groups excluding tert-OH is 1. The number of ketones is 1. The van der Waals surface area contributed by atoms with Crippen molar-refractivity contribution < 1.29 is 9.90 Å². The molecule has 0 aromatic rings. The lowest BCUT2D eigenvalue weighted by atomic mass is 10.0. The maximum Gasteiger partial charge on any atom is 0.132 e. The molecule has 0 spiro atoms. The van der Waals surface area contributed by atoms with Gasteiger partial charge in [-0.3, -0.25) is 4.79 Å². The third-order valence-electron chi connectivity index (χ3n) is 3.17. The van der Waals surface area contributed by atoms with Crippen LogP contribution in [0, 0.1) is 0 Å². The Hall–Kier alpha value is -0.370. The van der Waals surface area contributed by atoms with Crippen LogP contribution in [0.25, 0.3) is 0 Å². The summed E-state index contributed by atoms with van der Waals surface area (Å²) in [5.74, 6) is 0.413. The fraction of sp³-hybridized carbons (Fsp3) is 0.933. The molecule has 0 amide bonds. The quantitative estimate of drug-likeness (QED) is 0.490. The molecule has 0 rings (SSSR count). The molecule has 102 valence electrons. The SMILES string of the molecule is CCCCCCCCCC(=O)CCCCCO. The van der Waals surface area contributed by atoms with Gasteiger partial charge >= 0.3 is 0 Å². The lowest BCUT2D eigenvalue weighted by Crippen LogP contribution is -1.98. The molecule has 0 heterocycles. The molecule has 2 heteroatoms. The van der Waals surface area contributed by atoms with Crippen molar-refractivity contribution in [1.29, 1.82) is 0 Å². The predicted octanol–water partition coefficient (Wildman–Crippen LogP) is 4.25. The molecule has 0 bridgehead atoms. The van der Waals surface area contributed by atoms with E-state index in [2.05, 4.69) is 6.92 Å². The van der Waals surface area contributed by atoms with Gasteiger partial charge in [0.1, 0.15) is 5.78 Å². The summed E-state index contributed by atoms with van der Waals surface area (Å²) >= 11 is 0. The van der Waals surface area contributed by atoms with Crippen molar-refractivity contribution in [2.45, 2.75) is 84.0 Å². The van der Waals surface area contributed by atoms with Gasteiger partial charge in [0.05, 0.1) is 0 Å². The van der Waals surface area contributed by atoms with E-state index in [0.29, 0.717) is 5.78 Å². The van der Waals surface area contributed by atoms with Crippen molar-refractivity contribution in [1.82, 2.24) is 0 Å². The van der Waals surface area contributed by atoms with Crippen molar-refractivity contribution in [3.63, 3.8) is 0 Å². The lowest BCUT2D eigenvalue weighted by Gasteiger charge is -2.02. The summed E-state index contributed by atoms with van der Waals surface area (Å²) < 4.78 is 0. The lowest BCUT2D eigenvalue weighted by molar-refractivity contribution is -0.119. The molecule has 0 atom stereocenters. The molecule has 0 saturated carbocycles. The fourth-order valence-electron chi connectivity index (χ4n) is 2.02. The van der Waals surface area contributed by atoms with E-state index in [1.165, 1.54) is 38.5 Å². The van der Waals surface area contributed by atoms with E-state index in [1.54, 1.807) is 0 Å². The van der Waals surface area contributed by atoms with Gasteiger partial charge < -0.3 is 5.11 Å². The van der Waals surface area contributed by atoms with Gasteiger partial charge in [0.25, 0.3) is 0 Å². The third-order valence-corrected chi connectivity index (χ3v) is 3.17. The summed E-state index contributed by atoms with van der Waals surface area (Å²) in [6.07, 6.45) is 13.2. The molecule has 0 aliphatic carbocycles. The highest BCUT2D eigenvalue weighted by Crippen LogP contribution is 2.10. The van der Waals surface area contributed by atoms with E-state index >= 15 is 0 Å². The van der Waals surface area contributed by atoms with Gasteiger partial charge in [-0.25, -0.2) is 0 Å². The summed E-state index contributed by atoms with van der Waals surface area (Å²) in [6, 6.07) is 0. The molecular weight excluding hydrogens is 212 g/mol. The molecule has 17 heavy (non-hydrogen) atoms. The van der Waals surface area contributed by atoms with Gasteiger partial charge in [0, 0.05) is 19.4 Å². The van der Waals surface area contributed by atoms with Crippen LogP contribution in [-0.2, 0) is 4.79 Å². The van der Waals surface area contributed by atoms with Crippen LogP contribution in [0.1, 0.15) is 84.0 Å². The summed E-state index contributed by atoms with van der Waals surface area (Å²) in [5.41, 5.74) is 0. The molecule has 1 N–H and O–H groups in total. The van der Waals surface area contributed by atoms with Gasteiger partial charge in [0.15, 0.2) is 0 Å². The maximum absolute atomic E-state index is 11.5. The van der Waals surface area contributed by atoms with E-state index in [-0.39, 0.29) is 6.61 Å². The van der Waals surface area contributed by atoms with Crippen LogP contribution in [0.5, 0.6) is 0 Å². The van der Waals surface area contributed by atoms with Gasteiger partial charge in [-0.1, -0.05) is 51.9 Å². The van der Waals surface area contributed by atoms with Crippen LogP contribution in [0.3, 0.4) is 0 Å². The molecular formula is C15H30O2. The second-order valence-electron chi connectivity index (χ2n) is 4.94. The van der Waals surface area contributed by atoms with Gasteiger partial charge in [-0.2, -0.15) is 0 Å². The maximum atomic E-state index is 11.5. The first-order valence-electron chi connectivity index (χ1n) is 7.43. The summed E-state index contributed by atoms with van der Waals surface area (Å²) in [6.45, 7) is 2.49. The number of hydrogen-bond acceptors (Lipinski definition) is 2. The number of aliphatic hydroxyl groups is 1. The van der Waals surface area contributed by atoms with E-state index in [1.807, 2.05) is 0 Å². The molecule has 0 aliphatic rings. The molecule has 0 aromatic carbocycles. The van der Waals surface area contributed by atoms with Crippen LogP contribution in [0.15, 0.2) is 0 Å². The number of Topliss-reactive ketones (excluding diaryl/α,β-unsaturated/α-hetero) is 1. The van der Waals surface area contributed by atoms with Crippen molar-refractivity contribution in [2.75, 3.05) is 6.61 Å². The predicted molar refractivity (Wildman–Crippen MR) is 73.2 cm³/mol. The Morgan fingerprint density at radius 1 is 0.765 bits per heavy atom. The minimum absolute atomic E-state index is 0.256. The minimum atomic E-state index is 0.256. The third kappa shape index (κ3) is 13.6. The first-order chi connectivity index (χ1) is 8.31. The minimum Gasteiger partial charge on any atom is -0.396 e. The zero-order chi connectivity index (χ0) is 12.8. The summed E-state index contributed by atoms with van der Waals surface area (Å²) in [7, 11) is 0. The van der Waals surface area contributed by atoms with Crippen LogP contribution in [0.4, 0.5) is 0 Å². The Morgan fingerprint density at radius 2 is 1.24 bits per heavy atom. The number of rotatable bonds is 13. The highest BCUT2D eigenvalue weighted by atomic mass is 16.2. The van der Waals surface area contributed by atoms with E-state index in [9.17, 15) is 4.79 Å². The number of carbonyl (C=O) groups is 1. The highest BCUT2D eigenvalue weighted by Gasteiger charge is 2.01. The molecule has 0 saturated heterocycles. The van der Waals surface area contributed by atoms with E-state index < -0.39 is 0 Å². The average molecular weight is 242 g/mol. The second kappa shape index (κ2) is 13.7. The van der Waals surface area contributed by atoms with Gasteiger partial charge in [-0.05, 0) is 19.3 Å². The van der Waals surface area contributed by atoms with Crippen molar-refractivity contribution in [3.8, 4) is 0 Å². The Bertz CT molecular complexity index is 166. The van der Waals surface area contributed by atoms with Crippen molar-refractivity contribution in [3.05, 3.63) is 0 Å². The van der Waals surface area contributed by atoms with E-state index in [0.717, 1.165) is 38.5 Å². The molecule has 0 radical (unpaired) electrons. The molecule has 0 unspecified atom stereocenters. The molecule has 0 fully saturated rings. The topological polar surface area (TPSA) is 37.3 Å². The number of unbranched alkanes of at least 4 members (excludes halogenated alkanes) is 8. The van der Waals surface area contributed by atoms with Crippen LogP contribution < -0.4 is 0 Å². The van der Waals surface area contributed by atoms with Gasteiger partial charge in [-0.15, -0.1) is 0 Å². The zero-order valence-corrected chi connectivity index (χ0v) is 11.5. The zero-order valence-electron chi connectivity index (χ0n) is 11.5. The molecule has 0 aromatic heterocycles. The van der Waals surface area contributed by atoms with Crippen molar-refractivity contribution in [2.24, 2.45) is 0 Å². The summed E-state index contributed by atoms with van der Waals surface area (Å²) in [4.78, 5) is 11.5. The molecule has 2 nitrogen and oxygen atoms in total. The highest BCUT2D eigenvalue weighted by molar-refractivity contribution is 5.78. The van der Waals surface area contributed by atoms with Crippen LogP contribution >= 0.6 is 0 Å². The first kappa shape index (κ1) is 16.6. The van der Waals surface area contributed by atoms with Crippen molar-refractivity contribution >= 4 is 5.78 Å². The standard InChI is InChI=1S/C15H30O2/c1-2-3-4-5-6-7-9-12-15(17)13-10-8-11-14-16/h16H,2-14H2,1H3. The molecule has 0 aliphatic heterocycles. The van der Waals surface area contributed by atoms with Crippen LogP contribution in [-0.4, -0.2) is 17.5 Å². The fourth-order valence-corrected chi connectivity index (χ4v) is 2.02. The number of carbonyl (C=O) groups excluding carboxylic acids is 1. The number of hydrogen-bond donors (Lipinski definition) is 1. The normalized spacial score (nSPS) is 10.7. The monoisotopic (exact) mass is 242 g/mol. The Kier molecular flexibility index (Phi) is 13.4. The van der Waals surface area contributed by atoms with Gasteiger partial charge in [0.2, 0.25) is 0 Å². The Labute approximate surface area is 107 Å². The Morgan fingerprint density at radius 3 is 1.76 bits per heavy atom. The largest absolute Gasteiger partial charge is 0.396 e.